The average Bonchev–Trinajstić information content (AvgIpc) is 3.88. The molecule has 13 nitrogen and oxygen atoms in total. The molecule has 386 valence electrons. The fourth-order valence-electron chi connectivity index (χ4n) is 5.13. The SMILES string of the molecule is C.C1CCOC1.C[C-](C)C.Fc1ccc(Br)cc1.NS(=O)(=O)c1cc(C(=O)c2ccc(F)cc2)ccc1Cl.NS(=O)(=O)c1cc(C(O)c2ccc(F)cc2)ccc1Cl.NS(=O)(=O)c1cc(C=O)ccc1Cl.[Li+]. The molecule has 0 spiro atoms. The molecule has 0 amide bonds. The van der Waals surface area contributed by atoms with Crippen LogP contribution in [0.5, 0.6) is 0 Å². The largest absolute Gasteiger partial charge is 1.00 e. The Morgan fingerprint density at radius 1 is 0.611 bits per heavy atom. The zero-order chi connectivity index (χ0) is 53.0. The normalized spacial score (nSPS) is 12.0. The summed E-state index contributed by atoms with van der Waals surface area (Å²) in [5.74, 6) is -0.134. The first-order valence-electron chi connectivity index (χ1n) is 20.0. The minimum Gasteiger partial charge on any atom is -0.384 e. The van der Waals surface area contributed by atoms with Gasteiger partial charge in [-0.1, -0.05) is 82.4 Å². The van der Waals surface area contributed by atoms with Crippen LogP contribution >= 0.6 is 50.7 Å². The monoisotopic (exact) mass is 1170 g/mol. The van der Waals surface area contributed by atoms with Crippen LogP contribution in [0.3, 0.4) is 0 Å². The first-order valence-corrected chi connectivity index (χ1v) is 26.5. The van der Waals surface area contributed by atoms with Crippen molar-refractivity contribution in [1.82, 2.24) is 0 Å². The van der Waals surface area contributed by atoms with Crippen LogP contribution in [0, 0.1) is 23.4 Å². The summed E-state index contributed by atoms with van der Waals surface area (Å²) in [6, 6.07) is 27.9. The molecule has 0 bridgehead atoms. The van der Waals surface area contributed by atoms with Crippen LogP contribution in [0.4, 0.5) is 13.2 Å². The van der Waals surface area contributed by atoms with E-state index in [1.807, 2.05) is 0 Å². The number of carbonyl (C=O) groups excluding carboxylic acids is 2. The van der Waals surface area contributed by atoms with Crippen molar-refractivity contribution in [2.24, 2.45) is 15.4 Å². The van der Waals surface area contributed by atoms with E-state index in [0.29, 0.717) is 17.4 Å². The summed E-state index contributed by atoms with van der Waals surface area (Å²) >= 11 is 20.2. The molecule has 1 fully saturated rings. The summed E-state index contributed by atoms with van der Waals surface area (Å²) in [5, 5.41) is 25.0. The molecule has 1 aliphatic heterocycles. The Morgan fingerprint density at radius 2 is 0.958 bits per heavy atom. The predicted octanol–water partition coefficient (Wildman–Crippen LogP) is 8.01. The third-order valence-corrected chi connectivity index (χ3v) is 13.1. The van der Waals surface area contributed by atoms with Crippen molar-refractivity contribution in [3.8, 4) is 0 Å². The molecule has 0 radical (unpaired) electrons. The smallest absolute Gasteiger partial charge is 0.384 e. The Balaban J connectivity index is 0.000000903. The van der Waals surface area contributed by atoms with Crippen LogP contribution in [0.25, 0.3) is 0 Å². The third-order valence-electron chi connectivity index (χ3n) is 8.40. The summed E-state index contributed by atoms with van der Waals surface area (Å²) in [7, 11) is -11.9. The maximum atomic E-state index is 12.8. The van der Waals surface area contributed by atoms with Crippen molar-refractivity contribution >= 4 is 92.9 Å². The first kappa shape index (κ1) is 68.0. The summed E-state index contributed by atoms with van der Waals surface area (Å²) in [6.07, 6.45) is 1.97. The van der Waals surface area contributed by atoms with Crippen LogP contribution < -0.4 is 34.3 Å². The van der Waals surface area contributed by atoms with Crippen molar-refractivity contribution in [1.29, 1.82) is 0 Å². The second-order valence-electron chi connectivity index (χ2n) is 14.8. The summed E-state index contributed by atoms with van der Waals surface area (Å²) in [6.45, 7) is 8.25. The Labute approximate surface area is 454 Å². The molecular formula is C48H51BrCl3F3LiN3O10S3. The van der Waals surface area contributed by atoms with E-state index in [2.05, 4.69) is 36.7 Å². The number of sulfonamides is 3. The van der Waals surface area contributed by atoms with Gasteiger partial charge >= 0.3 is 18.9 Å². The van der Waals surface area contributed by atoms with Crippen molar-refractivity contribution in [3.05, 3.63) is 198 Å². The van der Waals surface area contributed by atoms with E-state index in [9.17, 15) is 53.1 Å². The number of hydrogen-bond acceptors (Lipinski definition) is 10. The van der Waals surface area contributed by atoms with E-state index in [4.69, 9.17) is 55.0 Å². The summed E-state index contributed by atoms with van der Waals surface area (Å²) < 4.78 is 111. The van der Waals surface area contributed by atoms with E-state index in [0.717, 1.165) is 42.0 Å². The number of primary sulfonamides is 3. The maximum absolute atomic E-state index is 12.8. The molecule has 24 heteroatoms. The van der Waals surface area contributed by atoms with Gasteiger partial charge in [-0.2, -0.15) is 20.8 Å². The van der Waals surface area contributed by atoms with E-state index < -0.39 is 53.6 Å². The van der Waals surface area contributed by atoms with Crippen LogP contribution in [-0.4, -0.2) is 55.6 Å². The number of ketones is 1. The molecule has 0 aliphatic carbocycles. The minimum atomic E-state index is -4.02. The fourth-order valence-corrected chi connectivity index (χ4v) is 8.62. The number of halogens is 7. The van der Waals surface area contributed by atoms with Crippen LogP contribution in [0.2, 0.25) is 15.1 Å². The van der Waals surface area contributed by atoms with Crippen molar-refractivity contribution in [2.45, 2.75) is 61.8 Å². The van der Waals surface area contributed by atoms with Gasteiger partial charge in [-0.3, -0.25) is 9.59 Å². The van der Waals surface area contributed by atoms with Gasteiger partial charge in [-0.15, -0.1) is 0 Å². The van der Waals surface area contributed by atoms with Gasteiger partial charge in [0.25, 0.3) is 0 Å². The molecular weight excluding hydrogens is 1120 g/mol. The molecule has 0 aromatic heterocycles. The zero-order valence-electron chi connectivity index (χ0n) is 38.3. The minimum absolute atomic E-state index is 0. The van der Waals surface area contributed by atoms with E-state index >= 15 is 0 Å². The molecule has 1 heterocycles. The zero-order valence-corrected chi connectivity index (χ0v) is 44.6. The number of ether oxygens (including phenoxy) is 1. The molecule has 1 saturated heterocycles. The number of rotatable bonds is 8. The average molecular weight is 1180 g/mol. The Bertz CT molecular complexity index is 2990. The van der Waals surface area contributed by atoms with Crippen molar-refractivity contribution in [2.75, 3.05) is 13.2 Å². The molecule has 1 atom stereocenters. The molecule has 7 N–H and O–H groups in total. The summed E-state index contributed by atoms with van der Waals surface area (Å²) in [4.78, 5) is 21.6. The van der Waals surface area contributed by atoms with E-state index in [1.54, 1.807) is 12.1 Å². The van der Waals surface area contributed by atoms with Gasteiger partial charge < -0.3 is 15.8 Å². The molecule has 1 aliphatic rings. The molecule has 7 rings (SSSR count). The second-order valence-corrected chi connectivity index (χ2v) is 21.6. The Kier molecular flexibility index (Phi) is 30.6. The number of aliphatic hydroxyl groups is 1. The number of hydrogen-bond donors (Lipinski definition) is 4. The molecule has 0 saturated carbocycles. The van der Waals surface area contributed by atoms with Gasteiger partial charge in [-0.25, -0.2) is 53.8 Å². The van der Waals surface area contributed by atoms with Gasteiger partial charge in [0.05, 0.1) is 15.1 Å². The van der Waals surface area contributed by atoms with Gasteiger partial charge in [0, 0.05) is 34.4 Å². The quantitative estimate of drug-likeness (QED) is 0.0495. The van der Waals surface area contributed by atoms with Crippen LogP contribution in [0.1, 0.15) is 84.5 Å². The first-order chi connectivity index (χ1) is 32.5. The number of carbonyl (C=O) groups is 2. The standard InChI is InChI=1S/C13H11ClFNO3S.C13H9ClFNO3S.C7H6ClNO3S.C6H4BrF.C4H8O.C4H9.CH4.Li/c2*14-11-6-3-9(7-12(11)20(16,18)19)13(17)8-1-4-10(15)5-2-8;8-6-2-1-5(4-10)3-7(6)13(9,11)12;7-5-1-3-6(8)4-2-5;1-2-4-5-3-1;1-4(2)3;;/h1-7,13,17H,(H2,16,18,19);1-7H,(H2,16,18,19);1-4H,(H2,9,11,12);1-4H;1-4H2;1-3H3;1H4;/q;;;;;-1;;+1. The third kappa shape index (κ3) is 24.8. The predicted molar refractivity (Wildman–Crippen MR) is 275 cm³/mol. The topological polar surface area (TPSA) is 244 Å². The van der Waals surface area contributed by atoms with Gasteiger partial charge in [-0.05, 0) is 127 Å². The van der Waals surface area contributed by atoms with Crippen LogP contribution in [-0.2, 0) is 34.8 Å². The summed E-state index contributed by atoms with van der Waals surface area (Å²) in [5.41, 5.74) is 1.27. The van der Waals surface area contributed by atoms with Crippen molar-refractivity contribution in [3.63, 3.8) is 0 Å². The molecule has 72 heavy (non-hydrogen) atoms. The number of nitrogens with two attached hydrogens (primary N) is 3. The number of benzene rings is 6. The van der Waals surface area contributed by atoms with E-state index in [1.165, 1.54) is 110 Å². The maximum Gasteiger partial charge on any atom is 1.00 e. The Morgan fingerprint density at radius 3 is 1.35 bits per heavy atom. The molecule has 1 unspecified atom stereocenters. The van der Waals surface area contributed by atoms with E-state index in [-0.39, 0.29) is 78.5 Å². The van der Waals surface area contributed by atoms with Crippen molar-refractivity contribution < 1.29 is 76.7 Å². The second kappa shape index (κ2) is 32.4. The Hall–Kier alpha value is -3.95. The van der Waals surface area contributed by atoms with Gasteiger partial charge in [0.15, 0.2) is 5.78 Å². The number of aldehydes is 1. The number of aliphatic hydroxyl groups excluding tert-OH is 1. The molecule has 6 aromatic carbocycles. The fraction of sp³-hybridized carbons (Fsp3) is 0.188. The van der Waals surface area contributed by atoms with Gasteiger partial charge in [0.2, 0.25) is 30.1 Å². The van der Waals surface area contributed by atoms with Gasteiger partial charge in [0.1, 0.15) is 44.5 Å². The van der Waals surface area contributed by atoms with Crippen LogP contribution in [0.15, 0.2) is 147 Å². The molecule has 6 aromatic rings.